The molecule has 1 saturated heterocycles. The third-order valence-electron chi connectivity index (χ3n) is 0.928. The predicted octanol–water partition coefficient (Wildman–Crippen LogP) is -0.156. The first-order chi connectivity index (χ1) is 3.29. The number of hydrogen-bond donors (Lipinski definition) is 1. The van der Waals surface area contributed by atoms with Crippen LogP contribution < -0.4 is 5.32 Å². The molecule has 1 N–H and O–H groups in total. The summed E-state index contributed by atoms with van der Waals surface area (Å²) in [4.78, 5) is 10.1. The van der Waals surface area contributed by atoms with Crippen LogP contribution in [-0.4, -0.2) is 18.6 Å². The van der Waals surface area contributed by atoms with E-state index in [0.29, 0.717) is 0 Å². The Bertz CT molecular complexity index is 93.7. The molecule has 0 radical (unpaired) electrons. The standard InChI is InChI=1S/C4H6FNO/c5-3-1-4(7)6-2-3/h3H,1-2H2,(H,6,7). The molecular formula is C4H6FNO. The van der Waals surface area contributed by atoms with Gasteiger partial charge in [-0.1, -0.05) is 0 Å². The zero-order valence-electron chi connectivity index (χ0n) is 3.78. The third-order valence-corrected chi connectivity index (χ3v) is 0.928. The van der Waals surface area contributed by atoms with Crippen LogP contribution in [0.15, 0.2) is 0 Å². The van der Waals surface area contributed by atoms with Crippen molar-refractivity contribution in [2.75, 3.05) is 6.54 Å². The molecule has 1 amide bonds. The number of carbonyl (C=O) groups is 1. The highest BCUT2D eigenvalue weighted by molar-refractivity contribution is 5.78. The van der Waals surface area contributed by atoms with Crippen molar-refractivity contribution in [3.8, 4) is 0 Å². The van der Waals surface area contributed by atoms with E-state index in [0.717, 1.165) is 0 Å². The van der Waals surface area contributed by atoms with Gasteiger partial charge in [0.1, 0.15) is 6.17 Å². The Morgan fingerprint density at radius 1 is 1.86 bits per heavy atom. The second kappa shape index (κ2) is 1.48. The lowest BCUT2D eigenvalue weighted by Gasteiger charge is -1.84. The summed E-state index contributed by atoms with van der Waals surface area (Å²) in [6.45, 7) is 0.207. The van der Waals surface area contributed by atoms with E-state index >= 15 is 0 Å². The lowest BCUT2D eigenvalue weighted by atomic mass is 10.3. The molecule has 7 heavy (non-hydrogen) atoms. The number of amides is 1. The average Bonchev–Trinajstić information content (AvgIpc) is 1.87. The van der Waals surface area contributed by atoms with E-state index in [1.165, 1.54) is 0 Å². The van der Waals surface area contributed by atoms with Crippen molar-refractivity contribution in [3.05, 3.63) is 0 Å². The normalized spacial score (nSPS) is 30.4. The van der Waals surface area contributed by atoms with E-state index in [9.17, 15) is 9.18 Å². The maximum absolute atomic E-state index is 11.9. The summed E-state index contributed by atoms with van der Waals surface area (Å²) >= 11 is 0. The van der Waals surface area contributed by atoms with Gasteiger partial charge in [-0.15, -0.1) is 0 Å². The molecule has 2 nitrogen and oxygen atoms in total. The van der Waals surface area contributed by atoms with Crippen LogP contribution in [0.1, 0.15) is 6.42 Å². The largest absolute Gasteiger partial charge is 0.353 e. The van der Waals surface area contributed by atoms with Crippen molar-refractivity contribution in [3.63, 3.8) is 0 Å². The van der Waals surface area contributed by atoms with E-state index in [-0.39, 0.29) is 18.9 Å². The number of rotatable bonds is 0. The van der Waals surface area contributed by atoms with Crippen LogP contribution in [0.5, 0.6) is 0 Å². The summed E-state index contributed by atoms with van der Waals surface area (Å²) < 4.78 is 11.9. The molecule has 1 aliphatic rings. The third kappa shape index (κ3) is 0.885. The Labute approximate surface area is 40.7 Å². The summed E-state index contributed by atoms with van der Waals surface area (Å²) in [5, 5.41) is 2.36. The van der Waals surface area contributed by atoms with Crippen LogP contribution in [0.2, 0.25) is 0 Å². The number of carbonyl (C=O) groups excluding carboxylic acids is 1. The summed E-state index contributed by atoms with van der Waals surface area (Å²) in [6.07, 6.45) is -0.882. The molecule has 0 spiro atoms. The molecule has 1 rings (SSSR count). The Kier molecular flexibility index (Phi) is 0.964. The molecule has 3 heteroatoms. The van der Waals surface area contributed by atoms with E-state index in [1.54, 1.807) is 0 Å². The molecule has 1 heterocycles. The van der Waals surface area contributed by atoms with Gasteiger partial charge < -0.3 is 5.32 Å². The average molecular weight is 103 g/mol. The van der Waals surface area contributed by atoms with Gasteiger partial charge in [-0.3, -0.25) is 4.79 Å². The summed E-state index contributed by atoms with van der Waals surface area (Å²) in [5.41, 5.74) is 0. The lowest BCUT2D eigenvalue weighted by Crippen LogP contribution is -2.13. The molecule has 1 aliphatic heterocycles. The van der Waals surface area contributed by atoms with Crippen LogP contribution in [0.3, 0.4) is 0 Å². The zero-order chi connectivity index (χ0) is 5.28. The van der Waals surface area contributed by atoms with Gasteiger partial charge in [0.15, 0.2) is 0 Å². The first-order valence-corrected chi connectivity index (χ1v) is 2.20. The van der Waals surface area contributed by atoms with Gasteiger partial charge in [0.05, 0.1) is 6.42 Å². The van der Waals surface area contributed by atoms with Crippen molar-refractivity contribution >= 4 is 5.91 Å². The molecule has 0 aliphatic carbocycles. The maximum atomic E-state index is 11.9. The second-order valence-electron chi connectivity index (χ2n) is 1.61. The number of nitrogens with one attached hydrogen (secondary N) is 1. The number of alkyl halides is 1. The van der Waals surface area contributed by atoms with Crippen molar-refractivity contribution in [2.45, 2.75) is 12.6 Å². The van der Waals surface area contributed by atoms with Crippen LogP contribution >= 0.6 is 0 Å². The highest BCUT2D eigenvalue weighted by Gasteiger charge is 2.19. The second-order valence-corrected chi connectivity index (χ2v) is 1.61. The van der Waals surface area contributed by atoms with E-state index in [2.05, 4.69) is 5.32 Å². The summed E-state index contributed by atoms with van der Waals surface area (Å²) in [5.74, 6) is -0.174. The Hall–Kier alpha value is -0.600. The van der Waals surface area contributed by atoms with Crippen molar-refractivity contribution in [2.24, 2.45) is 0 Å². The molecule has 0 aromatic carbocycles. The molecule has 1 atom stereocenters. The van der Waals surface area contributed by atoms with Gasteiger partial charge >= 0.3 is 0 Å². The first-order valence-electron chi connectivity index (χ1n) is 2.20. The summed E-state index contributed by atoms with van der Waals surface area (Å²) in [7, 11) is 0. The van der Waals surface area contributed by atoms with E-state index < -0.39 is 6.17 Å². The van der Waals surface area contributed by atoms with Gasteiger partial charge in [0.25, 0.3) is 0 Å². The fourth-order valence-electron chi connectivity index (χ4n) is 0.570. The zero-order valence-corrected chi connectivity index (χ0v) is 3.78. The predicted molar refractivity (Wildman–Crippen MR) is 22.5 cm³/mol. The fraction of sp³-hybridized carbons (Fsp3) is 0.750. The molecule has 1 unspecified atom stereocenters. The van der Waals surface area contributed by atoms with Gasteiger partial charge in [-0.05, 0) is 0 Å². The highest BCUT2D eigenvalue weighted by atomic mass is 19.1. The number of halogens is 1. The first kappa shape index (κ1) is 4.56. The monoisotopic (exact) mass is 103 g/mol. The van der Waals surface area contributed by atoms with E-state index in [4.69, 9.17) is 0 Å². The fourth-order valence-corrected chi connectivity index (χ4v) is 0.570. The Balaban J connectivity index is 2.40. The molecule has 0 saturated carbocycles. The van der Waals surface area contributed by atoms with Gasteiger partial charge in [0.2, 0.25) is 5.91 Å². The maximum Gasteiger partial charge on any atom is 0.223 e. The Morgan fingerprint density at radius 3 is 2.71 bits per heavy atom. The Morgan fingerprint density at radius 2 is 2.57 bits per heavy atom. The van der Waals surface area contributed by atoms with Gasteiger partial charge in [-0.2, -0.15) is 0 Å². The van der Waals surface area contributed by atoms with Crippen LogP contribution in [0, 0.1) is 0 Å². The SMILES string of the molecule is O=C1CC(F)CN1. The van der Waals surface area contributed by atoms with Gasteiger partial charge in [-0.25, -0.2) is 4.39 Å². The minimum Gasteiger partial charge on any atom is -0.353 e. The van der Waals surface area contributed by atoms with Crippen LogP contribution in [0.4, 0.5) is 4.39 Å². The van der Waals surface area contributed by atoms with Crippen LogP contribution in [0.25, 0.3) is 0 Å². The molecule has 0 aromatic rings. The number of hydrogen-bond acceptors (Lipinski definition) is 1. The van der Waals surface area contributed by atoms with Crippen molar-refractivity contribution in [1.29, 1.82) is 0 Å². The lowest BCUT2D eigenvalue weighted by molar-refractivity contribution is -0.119. The molecule has 0 aromatic heterocycles. The molecule has 1 fully saturated rings. The molecule has 0 bridgehead atoms. The quantitative estimate of drug-likeness (QED) is 0.453. The minimum atomic E-state index is -0.938. The topological polar surface area (TPSA) is 29.1 Å². The molecular weight excluding hydrogens is 97.0 g/mol. The van der Waals surface area contributed by atoms with Crippen molar-refractivity contribution < 1.29 is 9.18 Å². The van der Waals surface area contributed by atoms with Crippen LogP contribution in [-0.2, 0) is 4.79 Å². The highest BCUT2D eigenvalue weighted by Crippen LogP contribution is 2.01. The summed E-state index contributed by atoms with van der Waals surface area (Å²) in [6, 6.07) is 0. The van der Waals surface area contributed by atoms with Crippen molar-refractivity contribution in [1.82, 2.24) is 5.32 Å². The van der Waals surface area contributed by atoms with E-state index in [1.807, 2.05) is 0 Å². The molecule has 40 valence electrons. The minimum absolute atomic E-state index is 0.0556. The van der Waals surface area contributed by atoms with Gasteiger partial charge in [0, 0.05) is 6.54 Å². The smallest absolute Gasteiger partial charge is 0.223 e.